The first kappa shape index (κ1) is 16.1. The SMILES string of the molecule is Cc1cc(S(=O)(=O)N(C)Cc2ccsc2)ccc1C(N)=S. The zero-order chi connectivity index (χ0) is 15.6. The van der Waals surface area contributed by atoms with E-state index in [-0.39, 0.29) is 9.88 Å². The molecule has 1 aromatic carbocycles. The van der Waals surface area contributed by atoms with E-state index in [1.807, 2.05) is 16.8 Å². The molecule has 21 heavy (non-hydrogen) atoms. The summed E-state index contributed by atoms with van der Waals surface area (Å²) in [7, 11) is -1.95. The average molecular weight is 340 g/mol. The molecule has 0 atom stereocenters. The molecule has 0 fully saturated rings. The summed E-state index contributed by atoms with van der Waals surface area (Å²) < 4.78 is 26.5. The van der Waals surface area contributed by atoms with Crippen molar-refractivity contribution in [3.63, 3.8) is 0 Å². The van der Waals surface area contributed by atoms with E-state index in [4.69, 9.17) is 18.0 Å². The Kier molecular flexibility index (Phi) is 4.77. The summed E-state index contributed by atoms with van der Waals surface area (Å²) in [4.78, 5) is 0.515. The number of hydrogen-bond acceptors (Lipinski definition) is 4. The minimum absolute atomic E-state index is 0.248. The third kappa shape index (κ3) is 3.49. The zero-order valence-electron chi connectivity index (χ0n) is 11.7. The summed E-state index contributed by atoms with van der Waals surface area (Å²) in [5.41, 5.74) is 8.03. The second-order valence-electron chi connectivity index (χ2n) is 4.73. The quantitative estimate of drug-likeness (QED) is 0.850. The van der Waals surface area contributed by atoms with Gasteiger partial charge in [0, 0.05) is 19.2 Å². The van der Waals surface area contributed by atoms with E-state index in [0.717, 1.165) is 11.1 Å². The summed E-state index contributed by atoms with van der Waals surface area (Å²) >= 11 is 6.48. The van der Waals surface area contributed by atoms with Crippen molar-refractivity contribution in [1.29, 1.82) is 0 Å². The van der Waals surface area contributed by atoms with Crippen LogP contribution < -0.4 is 5.73 Å². The average Bonchev–Trinajstić information content (AvgIpc) is 2.90. The van der Waals surface area contributed by atoms with Crippen molar-refractivity contribution >= 4 is 38.6 Å². The minimum Gasteiger partial charge on any atom is -0.389 e. The van der Waals surface area contributed by atoms with Crippen molar-refractivity contribution in [2.75, 3.05) is 7.05 Å². The Bertz CT molecular complexity index is 753. The lowest BCUT2D eigenvalue weighted by molar-refractivity contribution is 0.467. The molecule has 0 saturated carbocycles. The van der Waals surface area contributed by atoms with Crippen molar-refractivity contribution in [3.8, 4) is 0 Å². The standard InChI is InChI=1S/C14H16N2O2S3/c1-10-7-12(3-4-13(10)14(15)19)21(17,18)16(2)8-11-5-6-20-9-11/h3-7,9H,8H2,1-2H3,(H2,15,19). The van der Waals surface area contributed by atoms with Crippen LogP contribution in [0.1, 0.15) is 16.7 Å². The Morgan fingerprint density at radius 3 is 2.62 bits per heavy atom. The molecular formula is C14H16N2O2S3. The van der Waals surface area contributed by atoms with Gasteiger partial charge in [-0.15, -0.1) is 0 Å². The maximum absolute atomic E-state index is 12.6. The van der Waals surface area contributed by atoms with E-state index in [1.165, 1.54) is 4.31 Å². The smallest absolute Gasteiger partial charge is 0.243 e. The molecule has 1 heterocycles. The van der Waals surface area contributed by atoms with Gasteiger partial charge in [0.05, 0.1) is 4.90 Å². The molecule has 0 bridgehead atoms. The first-order valence-corrected chi connectivity index (χ1v) is 8.99. The fraction of sp³-hybridized carbons (Fsp3) is 0.214. The number of benzene rings is 1. The molecule has 0 amide bonds. The highest BCUT2D eigenvalue weighted by Gasteiger charge is 2.21. The van der Waals surface area contributed by atoms with Gasteiger partial charge in [-0.25, -0.2) is 8.42 Å². The first-order valence-electron chi connectivity index (χ1n) is 6.20. The van der Waals surface area contributed by atoms with Gasteiger partial charge in [0.25, 0.3) is 0 Å². The maximum Gasteiger partial charge on any atom is 0.243 e. The predicted molar refractivity (Wildman–Crippen MR) is 90.0 cm³/mol. The van der Waals surface area contributed by atoms with Crippen molar-refractivity contribution in [3.05, 3.63) is 51.7 Å². The number of thiocarbonyl (C=S) groups is 1. The molecule has 0 saturated heterocycles. The van der Waals surface area contributed by atoms with Crippen LogP contribution in [0, 0.1) is 6.92 Å². The topological polar surface area (TPSA) is 63.4 Å². The van der Waals surface area contributed by atoms with Crippen LogP contribution in [-0.2, 0) is 16.6 Å². The fourth-order valence-corrected chi connectivity index (χ4v) is 4.11. The van der Waals surface area contributed by atoms with Crippen molar-refractivity contribution in [2.45, 2.75) is 18.4 Å². The van der Waals surface area contributed by atoms with E-state index in [1.54, 1.807) is 43.5 Å². The molecule has 112 valence electrons. The fourth-order valence-electron chi connectivity index (χ4n) is 1.98. The summed E-state index contributed by atoms with van der Waals surface area (Å²) in [6.45, 7) is 2.15. The predicted octanol–water partition coefficient (Wildman–Crippen LogP) is 2.51. The highest BCUT2D eigenvalue weighted by molar-refractivity contribution is 7.89. The van der Waals surface area contributed by atoms with Crippen LogP contribution in [0.15, 0.2) is 39.9 Å². The molecule has 1 aromatic heterocycles. The van der Waals surface area contributed by atoms with E-state index >= 15 is 0 Å². The van der Waals surface area contributed by atoms with E-state index in [9.17, 15) is 8.42 Å². The lowest BCUT2D eigenvalue weighted by Crippen LogP contribution is -2.26. The third-order valence-corrected chi connectivity index (χ3v) is 5.91. The van der Waals surface area contributed by atoms with Crippen molar-refractivity contribution in [1.82, 2.24) is 4.31 Å². The molecule has 0 aliphatic rings. The molecule has 0 radical (unpaired) electrons. The second kappa shape index (κ2) is 6.23. The van der Waals surface area contributed by atoms with Gasteiger partial charge in [-0.1, -0.05) is 18.3 Å². The highest BCUT2D eigenvalue weighted by Crippen LogP contribution is 2.20. The van der Waals surface area contributed by atoms with Crippen LogP contribution in [0.25, 0.3) is 0 Å². The van der Waals surface area contributed by atoms with Gasteiger partial charge in [0.15, 0.2) is 0 Å². The van der Waals surface area contributed by atoms with Crippen LogP contribution in [-0.4, -0.2) is 24.8 Å². The molecule has 4 nitrogen and oxygen atoms in total. The van der Waals surface area contributed by atoms with Crippen LogP contribution in [0.5, 0.6) is 0 Å². The second-order valence-corrected chi connectivity index (χ2v) is 8.00. The lowest BCUT2D eigenvalue weighted by atomic mass is 10.1. The Morgan fingerprint density at radius 1 is 1.38 bits per heavy atom. The van der Waals surface area contributed by atoms with E-state index in [2.05, 4.69) is 0 Å². The molecule has 7 heteroatoms. The number of thiophene rings is 1. The maximum atomic E-state index is 12.6. The largest absolute Gasteiger partial charge is 0.389 e. The van der Waals surface area contributed by atoms with Gasteiger partial charge in [-0.3, -0.25) is 0 Å². The lowest BCUT2D eigenvalue weighted by Gasteiger charge is -2.17. The molecule has 0 aliphatic heterocycles. The highest BCUT2D eigenvalue weighted by atomic mass is 32.2. The van der Waals surface area contributed by atoms with Gasteiger partial charge in [0.2, 0.25) is 10.0 Å². The summed E-state index contributed by atoms with van der Waals surface area (Å²) in [6, 6.07) is 6.72. The van der Waals surface area contributed by atoms with Crippen LogP contribution >= 0.6 is 23.6 Å². The first-order chi connectivity index (χ1) is 9.82. The van der Waals surface area contributed by atoms with E-state index < -0.39 is 10.0 Å². The zero-order valence-corrected chi connectivity index (χ0v) is 14.2. The summed E-state index contributed by atoms with van der Waals surface area (Å²) in [6.07, 6.45) is 0. The van der Waals surface area contributed by atoms with E-state index in [0.29, 0.717) is 12.1 Å². The normalized spacial score (nSPS) is 11.8. The molecule has 2 rings (SSSR count). The van der Waals surface area contributed by atoms with Gasteiger partial charge in [0.1, 0.15) is 4.99 Å². The molecule has 0 aliphatic carbocycles. The Balaban J connectivity index is 2.31. The summed E-state index contributed by atoms with van der Waals surface area (Å²) in [5.74, 6) is 0. The molecule has 0 spiro atoms. The van der Waals surface area contributed by atoms with Gasteiger partial charge >= 0.3 is 0 Å². The van der Waals surface area contributed by atoms with Gasteiger partial charge in [-0.05, 0) is 47.0 Å². The van der Waals surface area contributed by atoms with Crippen molar-refractivity contribution < 1.29 is 8.42 Å². The third-order valence-electron chi connectivity index (χ3n) is 3.16. The Labute approximate surface area is 134 Å². The number of aryl methyl sites for hydroxylation is 1. The number of rotatable bonds is 5. The summed E-state index contributed by atoms with van der Waals surface area (Å²) in [5, 5.41) is 3.87. The van der Waals surface area contributed by atoms with Crippen LogP contribution in [0.4, 0.5) is 0 Å². The van der Waals surface area contributed by atoms with Crippen LogP contribution in [0.2, 0.25) is 0 Å². The number of nitrogens with zero attached hydrogens (tertiary/aromatic N) is 1. The molecule has 2 aromatic rings. The molecule has 2 N–H and O–H groups in total. The van der Waals surface area contributed by atoms with Crippen LogP contribution in [0.3, 0.4) is 0 Å². The number of hydrogen-bond donors (Lipinski definition) is 1. The Hall–Kier alpha value is -1.28. The number of nitrogens with two attached hydrogens (primary N) is 1. The number of sulfonamides is 1. The van der Waals surface area contributed by atoms with Gasteiger partial charge in [-0.2, -0.15) is 15.6 Å². The van der Waals surface area contributed by atoms with Gasteiger partial charge < -0.3 is 5.73 Å². The van der Waals surface area contributed by atoms with Crippen molar-refractivity contribution in [2.24, 2.45) is 5.73 Å². The minimum atomic E-state index is -3.53. The molecular weight excluding hydrogens is 324 g/mol. The monoisotopic (exact) mass is 340 g/mol. The Morgan fingerprint density at radius 2 is 2.10 bits per heavy atom. The molecule has 0 unspecified atom stereocenters.